The molecule has 6 rings (SSSR count). The van der Waals surface area contributed by atoms with Gasteiger partial charge in [-0.25, -0.2) is 13.9 Å². The molecule has 42 heavy (non-hydrogen) atoms. The van der Waals surface area contributed by atoms with Crippen LogP contribution in [0.2, 0.25) is 0 Å². The van der Waals surface area contributed by atoms with Gasteiger partial charge in [0.1, 0.15) is 39.9 Å². The summed E-state index contributed by atoms with van der Waals surface area (Å²) in [5.74, 6) is -1.14. The molecule has 0 atom stereocenters. The van der Waals surface area contributed by atoms with Gasteiger partial charge in [-0.3, -0.25) is 14.4 Å². The Bertz CT molecular complexity index is 1800. The van der Waals surface area contributed by atoms with Crippen LogP contribution in [0.4, 0.5) is 18.9 Å². The summed E-state index contributed by atoms with van der Waals surface area (Å²) in [5.41, 5.74) is 0.0367. The molecular weight excluding hydrogens is 555 g/mol. The van der Waals surface area contributed by atoms with Crippen LogP contribution in [0.5, 0.6) is 17.2 Å². The second kappa shape index (κ2) is 10.5. The minimum Gasteiger partial charge on any atom is -0.457 e. The Morgan fingerprint density at radius 3 is 2.71 bits per heavy atom. The first-order chi connectivity index (χ1) is 20.1. The highest BCUT2D eigenvalue weighted by Crippen LogP contribution is 2.40. The van der Waals surface area contributed by atoms with Crippen LogP contribution in [0.15, 0.2) is 67.3 Å². The van der Waals surface area contributed by atoms with E-state index >= 15 is 0 Å². The lowest BCUT2D eigenvalue weighted by molar-refractivity contribution is -0.0921. The van der Waals surface area contributed by atoms with Crippen LogP contribution < -0.4 is 14.8 Å². The van der Waals surface area contributed by atoms with E-state index in [1.807, 2.05) is 11.9 Å². The van der Waals surface area contributed by atoms with E-state index in [1.165, 1.54) is 58.1 Å². The molecule has 0 unspecified atom stereocenters. The number of alkyl halides is 2. The number of carbonyl (C=O) groups is 1. The predicted octanol–water partition coefficient (Wildman–Crippen LogP) is 4.05. The molecule has 0 saturated carbocycles. The van der Waals surface area contributed by atoms with Crippen molar-refractivity contribution in [1.82, 2.24) is 29.3 Å². The zero-order valence-corrected chi connectivity index (χ0v) is 22.3. The fourth-order valence-corrected chi connectivity index (χ4v) is 4.97. The number of anilines is 1. The van der Waals surface area contributed by atoms with Crippen LogP contribution in [-0.2, 0) is 12.6 Å². The summed E-state index contributed by atoms with van der Waals surface area (Å²) in [4.78, 5) is 19.2. The summed E-state index contributed by atoms with van der Waals surface area (Å²) >= 11 is 0. The van der Waals surface area contributed by atoms with E-state index in [9.17, 15) is 23.1 Å². The van der Waals surface area contributed by atoms with Crippen LogP contribution in [0.3, 0.4) is 0 Å². The van der Waals surface area contributed by atoms with Gasteiger partial charge in [-0.15, -0.1) is 0 Å². The number of benzene rings is 2. The highest BCUT2D eigenvalue weighted by Gasteiger charge is 2.41. The maximum Gasteiger partial charge on any atom is 0.387 e. The van der Waals surface area contributed by atoms with Gasteiger partial charge in [0.15, 0.2) is 5.65 Å². The number of nitrogens with one attached hydrogen (secondary N) is 1. The maximum absolute atomic E-state index is 14.5. The first-order valence-corrected chi connectivity index (χ1v) is 12.7. The Hall–Kier alpha value is -4.95. The number of aromatic nitrogens is 5. The average molecular weight is 580 g/mol. The standard InChI is InChI=1S/C28H24F3N7O4/c1-36-14-28(40,15-36)16-8-17(29)10-19(9-16)41-18-4-5-23(42-27(30)31)20(11-18)24-22(13-37(2)35-24)34-26(39)21-12-33-38-7-3-6-32-25(21)38/h3-13,27,40H,14-15H2,1-2H3,(H,34,39). The Morgan fingerprint density at radius 1 is 1.14 bits per heavy atom. The summed E-state index contributed by atoms with van der Waals surface area (Å²) in [6.07, 6.45) is 6.02. The van der Waals surface area contributed by atoms with E-state index in [2.05, 4.69) is 20.5 Å². The zero-order chi connectivity index (χ0) is 29.6. The van der Waals surface area contributed by atoms with E-state index in [0.29, 0.717) is 24.3 Å². The number of carbonyl (C=O) groups excluding carboxylic acids is 1. The molecule has 3 aromatic heterocycles. The molecule has 216 valence electrons. The number of rotatable bonds is 8. The molecule has 14 heteroatoms. The topological polar surface area (TPSA) is 119 Å². The van der Waals surface area contributed by atoms with Crippen molar-refractivity contribution in [2.45, 2.75) is 12.2 Å². The van der Waals surface area contributed by atoms with Crippen LogP contribution in [0.1, 0.15) is 15.9 Å². The number of nitrogens with zero attached hydrogens (tertiary/aromatic N) is 6. The number of ether oxygens (including phenoxy) is 2. The minimum absolute atomic E-state index is 0.0811. The molecule has 1 aliphatic heterocycles. The number of β-amino-alcohol motifs (C(OH)–C–C–N with tert-alkyl or cyclic N) is 1. The molecule has 0 aliphatic carbocycles. The molecule has 0 radical (unpaired) electrons. The second-order valence-corrected chi connectivity index (χ2v) is 9.98. The van der Waals surface area contributed by atoms with Crippen molar-refractivity contribution in [3.8, 4) is 28.5 Å². The smallest absolute Gasteiger partial charge is 0.387 e. The summed E-state index contributed by atoms with van der Waals surface area (Å²) in [6.45, 7) is -2.48. The number of fused-ring (bicyclic) bond motifs is 1. The van der Waals surface area contributed by atoms with Crippen molar-refractivity contribution >= 4 is 17.2 Å². The van der Waals surface area contributed by atoms with Crippen LogP contribution >= 0.6 is 0 Å². The van der Waals surface area contributed by atoms with E-state index < -0.39 is 23.9 Å². The third kappa shape index (κ3) is 5.24. The molecule has 2 aromatic carbocycles. The highest BCUT2D eigenvalue weighted by molar-refractivity contribution is 6.09. The van der Waals surface area contributed by atoms with Gasteiger partial charge in [0, 0.05) is 44.8 Å². The third-order valence-corrected chi connectivity index (χ3v) is 6.73. The van der Waals surface area contributed by atoms with E-state index in [1.54, 1.807) is 19.3 Å². The summed E-state index contributed by atoms with van der Waals surface area (Å²) < 4.78 is 54.7. The molecule has 2 N–H and O–H groups in total. The number of aliphatic hydroxyl groups is 1. The summed E-state index contributed by atoms with van der Waals surface area (Å²) in [6, 6.07) is 9.62. The number of hydrogen-bond acceptors (Lipinski definition) is 8. The lowest BCUT2D eigenvalue weighted by Crippen LogP contribution is -2.57. The van der Waals surface area contributed by atoms with Gasteiger partial charge in [-0.05, 0) is 49.0 Å². The lowest BCUT2D eigenvalue weighted by atomic mass is 9.86. The Labute approximate surface area is 236 Å². The Morgan fingerprint density at radius 2 is 1.95 bits per heavy atom. The highest BCUT2D eigenvalue weighted by atomic mass is 19.3. The fraction of sp³-hybridized carbons (Fsp3) is 0.214. The first-order valence-electron chi connectivity index (χ1n) is 12.7. The number of likely N-dealkylation sites (N-methyl/N-ethyl adjacent to an activating group) is 1. The summed E-state index contributed by atoms with van der Waals surface area (Å²) in [7, 11) is 3.43. The number of amides is 1. The minimum atomic E-state index is -3.14. The molecule has 1 fully saturated rings. The molecule has 4 heterocycles. The van der Waals surface area contributed by atoms with Gasteiger partial charge >= 0.3 is 6.61 Å². The van der Waals surface area contributed by atoms with E-state index in [4.69, 9.17) is 9.47 Å². The van der Waals surface area contributed by atoms with Crippen molar-refractivity contribution in [2.75, 3.05) is 25.5 Å². The van der Waals surface area contributed by atoms with Gasteiger partial charge in [0.05, 0.1) is 17.4 Å². The lowest BCUT2D eigenvalue weighted by Gasteiger charge is -2.44. The number of aryl methyl sites for hydroxylation is 1. The molecule has 0 spiro atoms. The van der Waals surface area contributed by atoms with Crippen molar-refractivity contribution in [3.05, 3.63) is 84.2 Å². The fourth-order valence-electron chi connectivity index (χ4n) is 4.97. The monoisotopic (exact) mass is 579 g/mol. The van der Waals surface area contributed by atoms with E-state index in [-0.39, 0.29) is 39.8 Å². The van der Waals surface area contributed by atoms with Crippen LogP contribution in [-0.4, -0.2) is 67.0 Å². The SMILES string of the molecule is CN1CC(O)(c2cc(F)cc(Oc3ccc(OC(F)F)c(-c4nn(C)cc4NC(=O)c4cnn5cccnc45)c3)c2)C1. The maximum atomic E-state index is 14.5. The van der Waals surface area contributed by atoms with Gasteiger partial charge in [-0.2, -0.15) is 19.0 Å². The molecule has 1 amide bonds. The van der Waals surface area contributed by atoms with Crippen LogP contribution in [0, 0.1) is 5.82 Å². The first kappa shape index (κ1) is 27.2. The summed E-state index contributed by atoms with van der Waals surface area (Å²) in [5, 5.41) is 22.0. The number of likely N-dealkylation sites (tertiary alicyclic amines) is 1. The van der Waals surface area contributed by atoms with Crippen molar-refractivity contribution in [2.24, 2.45) is 7.05 Å². The molecule has 0 bridgehead atoms. The van der Waals surface area contributed by atoms with Gasteiger partial charge in [0.2, 0.25) is 0 Å². The molecule has 1 aliphatic rings. The van der Waals surface area contributed by atoms with Gasteiger partial charge in [0.25, 0.3) is 5.91 Å². The Balaban J connectivity index is 1.34. The molecular formula is C28H24F3N7O4. The van der Waals surface area contributed by atoms with Gasteiger partial charge < -0.3 is 19.9 Å². The molecule has 1 saturated heterocycles. The predicted molar refractivity (Wildman–Crippen MR) is 144 cm³/mol. The van der Waals surface area contributed by atoms with E-state index in [0.717, 1.165) is 6.07 Å². The van der Waals surface area contributed by atoms with Crippen molar-refractivity contribution in [1.29, 1.82) is 0 Å². The van der Waals surface area contributed by atoms with Gasteiger partial charge in [-0.1, -0.05) is 0 Å². The normalized spacial score (nSPS) is 14.6. The number of halogens is 3. The van der Waals surface area contributed by atoms with Crippen molar-refractivity contribution in [3.63, 3.8) is 0 Å². The molecule has 11 nitrogen and oxygen atoms in total. The number of hydrogen-bond donors (Lipinski definition) is 2. The van der Waals surface area contributed by atoms with Crippen molar-refractivity contribution < 1.29 is 32.5 Å². The Kier molecular flexibility index (Phi) is 6.79. The average Bonchev–Trinajstić information content (AvgIpc) is 3.51. The quantitative estimate of drug-likeness (QED) is 0.283. The zero-order valence-electron chi connectivity index (χ0n) is 22.3. The third-order valence-electron chi connectivity index (χ3n) is 6.73. The molecule has 5 aromatic rings. The second-order valence-electron chi connectivity index (χ2n) is 9.98. The van der Waals surface area contributed by atoms with Crippen LogP contribution in [0.25, 0.3) is 16.9 Å². The largest absolute Gasteiger partial charge is 0.457 e.